The number of amides is 1. The molecule has 4 rings (SSSR count). The number of aromatic nitrogens is 2. The van der Waals surface area contributed by atoms with Gasteiger partial charge in [-0.25, -0.2) is 4.79 Å². The van der Waals surface area contributed by atoms with E-state index in [1.807, 2.05) is 6.92 Å². The molecule has 0 saturated heterocycles. The van der Waals surface area contributed by atoms with E-state index in [4.69, 9.17) is 9.47 Å². The Balaban J connectivity index is 1.81. The number of methoxy groups -OCH3 is 1. The van der Waals surface area contributed by atoms with Crippen molar-refractivity contribution in [1.29, 1.82) is 0 Å². The van der Waals surface area contributed by atoms with Crippen molar-refractivity contribution in [2.75, 3.05) is 19.0 Å². The van der Waals surface area contributed by atoms with Crippen molar-refractivity contribution in [3.8, 4) is 11.4 Å². The number of carbonyl (C=O) groups is 2. The third-order valence-electron chi connectivity index (χ3n) is 4.99. The first-order chi connectivity index (χ1) is 16.0. The van der Waals surface area contributed by atoms with Crippen LogP contribution in [-0.4, -0.2) is 35.4 Å². The highest BCUT2D eigenvalue weighted by atomic mass is 16.5. The number of benzene rings is 3. The van der Waals surface area contributed by atoms with Crippen molar-refractivity contribution >= 4 is 28.3 Å². The Morgan fingerprint density at radius 1 is 0.939 bits per heavy atom. The van der Waals surface area contributed by atoms with Gasteiger partial charge in [0.25, 0.3) is 11.5 Å². The van der Waals surface area contributed by atoms with Crippen molar-refractivity contribution in [3.63, 3.8) is 0 Å². The van der Waals surface area contributed by atoms with Crippen LogP contribution in [0.3, 0.4) is 0 Å². The van der Waals surface area contributed by atoms with E-state index < -0.39 is 11.9 Å². The molecule has 8 nitrogen and oxygen atoms in total. The van der Waals surface area contributed by atoms with Gasteiger partial charge in [0.1, 0.15) is 5.75 Å². The fourth-order valence-electron chi connectivity index (χ4n) is 3.44. The predicted molar refractivity (Wildman–Crippen MR) is 124 cm³/mol. The summed E-state index contributed by atoms with van der Waals surface area (Å²) < 4.78 is 11.4. The zero-order valence-corrected chi connectivity index (χ0v) is 18.1. The van der Waals surface area contributed by atoms with Crippen LogP contribution in [-0.2, 0) is 4.74 Å². The average molecular weight is 443 g/mol. The number of para-hydroxylation sites is 1. The highest BCUT2D eigenvalue weighted by Crippen LogP contribution is 2.21. The molecular formula is C25H21N3O5. The molecule has 0 aliphatic carbocycles. The molecule has 4 aromatic rings. The van der Waals surface area contributed by atoms with Crippen molar-refractivity contribution in [2.45, 2.75) is 6.92 Å². The van der Waals surface area contributed by atoms with Gasteiger partial charge in [0.2, 0.25) is 0 Å². The quantitative estimate of drug-likeness (QED) is 0.455. The molecule has 166 valence electrons. The minimum absolute atomic E-state index is 0.0405. The first-order valence-corrected chi connectivity index (χ1v) is 10.3. The van der Waals surface area contributed by atoms with Gasteiger partial charge in [-0.3, -0.25) is 9.59 Å². The van der Waals surface area contributed by atoms with Gasteiger partial charge in [-0.15, -0.1) is 0 Å². The number of esters is 1. The van der Waals surface area contributed by atoms with Crippen molar-refractivity contribution in [3.05, 3.63) is 94.4 Å². The molecule has 0 aliphatic heterocycles. The maximum Gasteiger partial charge on any atom is 0.339 e. The Labute approximate surface area is 189 Å². The smallest absolute Gasteiger partial charge is 0.339 e. The second-order valence-electron chi connectivity index (χ2n) is 7.03. The van der Waals surface area contributed by atoms with Gasteiger partial charge >= 0.3 is 5.97 Å². The maximum atomic E-state index is 13.3. The monoisotopic (exact) mass is 443 g/mol. The molecule has 8 heteroatoms. The zero-order chi connectivity index (χ0) is 23.4. The molecule has 1 N–H and O–H groups in total. The molecule has 0 saturated carbocycles. The third-order valence-corrected chi connectivity index (χ3v) is 4.99. The van der Waals surface area contributed by atoms with Crippen LogP contribution in [0.25, 0.3) is 16.5 Å². The number of fused-ring (bicyclic) bond motifs is 1. The Kier molecular flexibility index (Phi) is 6.17. The molecule has 0 unspecified atom stereocenters. The second-order valence-corrected chi connectivity index (χ2v) is 7.03. The molecule has 0 aliphatic rings. The van der Waals surface area contributed by atoms with E-state index in [0.717, 1.165) is 0 Å². The summed E-state index contributed by atoms with van der Waals surface area (Å²) in [5.41, 5.74) is 0.648. The largest absolute Gasteiger partial charge is 0.494 e. The summed E-state index contributed by atoms with van der Waals surface area (Å²) in [5.74, 6) is -0.488. The number of carbonyl (C=O) groups excluding carboxylic acids is 2. The number of ether oxygens (including phenoxy) is 2. The Bertz CT molecular complexity index is 1390. The molecule has 1 aromatic heterocycles. The summed E-state index contributed by atoms with van der Waals surface area (Å²) >= 11 is 0. The van der Waals surface area contributed by atoms with Crippen LogP contribution in [0.4, 0.5) is 5.69 Å². The van der Waals surface area contributed by atoms with Gasteiger partial charge in [0, 0.05) is 5.39 Å². The molecule has 0 bridgehead atoms. The molecule has 0 atom stereocenters. The standard InChI is InChI=1S/C25H21N3O5/c1-3-33-17-14-12-16(13-15-17)28-24(30)19-9-5-4-8-18(19)22(27-28)23(29)26-21-11-7-6-10-20(21)25(31)32-2/h4-15H,3H2,1-2H3,(H,26,29). The summed E-state index contributed by atoms with van der Waals surface area (Å²) in [6, 6.07) is 20.1. The first kappa shape index (κ1) is 21.8. The van der Waals surface area contributed by atoms with Crippen LogP contribution in [0.15, 0.2) is 77.6 Å². The second kappa shape index (κ2) is 9.35. The lowest BCUT2D eigenvalue weighted by Crippen LogP contribution is -2.26. The van der Waals surface area contributed by atoms with E-state index in [-0.39, 0.29) is 22.5 Å². The van der Waals surface area contributed by atoms with Crippen molar-refractivity contribution < 1.29 is 19.1 Å². The van der Waals surface area contributed by atoms with Gasteiger partial charge in [-0.1, -0.05) is 30.3 Å². The predicted octanol–water partition coefficient (Wildman–Crippen LogP) is 3.82. The van der Waals surface area contributed by atoms with Gasteiger partial charge < -0.3 is 14.8 Å². The van der Waals surface area contributed by atoms with Gasteiger partial charge in [0.05, 0.1) is 36.0 Å². The number of anilines is 1. The van der Waals surface area contributed by atoms with Gasteiger partial charge in [-0.2, -0.15) is 9.78 Å². The highest BCUT2D eigenvalue weighted by Gasteiger charge is 2.20. The summed E-state index contributed by atoms with van der Waals surface area (Å²) in [6.45, 7) is 2.40. The summed E-state index contributed by atoms with van der Waals surface area (Å²) in [6.07, 6.45) is 0. The SMILES string of the molecule is CCOc1ccc(-n2nc(C(=O)Nc3ccccc3C(=O)OC)c3ccccc3c2=O)cc1. The van der Waals surface area contributed by atoms with Crippen LogP contribution in [0, 0.1) is 0 Å². The van der Waals surface area contributed by atoms with E-state index >= 15 is 0 Å². The minimum atomic E-state index is -0.580. The van der Waals surface area contributed by atoms with E-state index in [2.05, 4.69) is 10.4 Å². The lowest BCUT2D eigenvalue weighted by Gasteiger charge is -2.13. The van der Waals surface area contributed by atoms with Crippen LogP contribution in [0.5, 0.6) is 5.75 Å². The van der Waals surface area contributed by atoms with Crippen LogP contribution in [0.2, 0.25) is 0 Å². The number of nitrogens with one attached hydrogen (secondary N) is 1. The number of hydrogen-bond donors (Lipinski definition) is 1. The fourth-order valence-corrected chi connectivity index (χ4v) is 3.44. The van der Waals surface area contributed by atoms with E-state index in [0.29, 0.717) is 28.8 Å². The van der Waals surface area contributed by atoms with Crippen LogP contribution in [0.1, 0.15) is 27.8 Å². The highest BCUT2D eigenvalue weighted by molar-refractivity contribution is 6.13. The summed E-state index contributed by atoms with van der Waals surface area (Å²) in [5, 5.41) is 7.83. The molecule has 3 aromatic carbocycles. The zero-order valence-electron chi connectivity index (χ0n) is 18.1. The fraction of sp³-hybridized carbons (Fsp3) is 0.120. The maximum absolute atomic E-state index is 13.3. The Hall–Kier alpha value is -4.46. The van der Waals surface area contributed by atoms with Crippen molar-refractivity contribution in [1.82, 2.24) is 9.78 Å². The molecule has 0 fully saturated rings. The molecular weight excluding hydrogens is 422 g/mol. The lowest BCUT2D eigenvalue weighted by molar-refractivity contribution is 0.0602. The minimum Gasteiger partial charge on any atom is -0.494 e. The van der Waals surface area contributed by atoms with E-state index in [1.165, 1.54) is 11.8 Å². The van der Waals surface area contributed by atoms with Gasteiger partial charge in [0.15, 0.2) is 5.69 Å². The third kappa shape index (κ3) is 4.31. The average Bonchev–Trinajstić information content (AvgIpc) is 2.85. The van der Waals surface area contributed by atoms with Crippen LogP contribution >= 0.6 is 0 Å². The van der Waals surface area contributed by atoms with Gasteiger partial charge in [-0.05, 0) is 49.4 Å². The number of nitrogens with zero attached hydrogens (tertiary/aromatic N) is 2. The van der Waals surface area contributed by atoms with E-state index in [9.17, 15) is 14.4 Å². The topological polar surface area (TPSA) is 99.5 Å². The molecule has 0 spiro atoms. The lowest BCUT2D eigenvalue weighted by atomic mass is 10.1. The number of rotatable bonds is 6. The normalized spacial score (nSPS) is 10.6. The molecule has 0 radical (unpaired) electrons. The van der Waals surface area contributed by atoms with E-state index in [1.54, 1.807) is 72.8 Å². The first-order valence-electron chi connectivity index (χ1n) is 10.3. The number of hydrogen-bond acceptors (Lipinski definition) is 6. The molecule has 1 heterocycles. The summed E-state index contributed by atoms with van der Waals surface area (Å²) in [4.78, 5) is 38.5. The molecule has 33 heavy (non-hydrogen) atoms. The van der Waals surface area contributed by atoms with Crippen molar-refractivity contribution in [2.24, 2.45) is 0 Å². The Morgan fingerprint density at radius 3 is 2.30 bits per heavy atom. The Morgan fingerprint density at radius 2 is 1.61 bits per heavy atom. The van der Waals surface area contributed by atoms with Crippen LogP contribution < -0.4 is 15.6 Å². The summed E-state index contributed by atoms with van der Waals surface area (Å²) in [7, 11) is 1.27. The molecule has 1 amide bonds.